The Morgan fingerprint density at radius 2 is 0.333 bits per heavy atom. The van der Waals surface area contributed by atoms with E-state index in [1.807, 2.05) is 0 Å². The molecule has 0 aromatic rings. The van der Waals surface area contributed by atoms with Crippen molar-refractivity contribution in [3.8, 4) is 0 Å². The quantitative estimate of drug-likeness (QED) is 0.345. The van der Waals surface area contributed by atoms with E-state index in [1.165, 1.54) is 0 Å². The average Bonchev–Trinajstić information content (AvgIpc) is 0. The number of halogens is 1. The smallest absolute Gasteiger partial charge is 1.00 e. The van der Waals surface area contributed by atoms with Crippen LogP contribution in [0.5, 0.6) is 0 Å². The molecular weight excluding hydrogens is 203 g/mol. The maximum absolute atomic E-state index is 0. The molecule has 9 heteroatoms. The molecule has 7 nitrogen and oxygen atoms in total. The average molecular weight is 217 g/mol. The van der Waals surface area contributed by atoms with Crippen LogP contribution in [0.3, 0.4) is 0 Å². The molecule has 0 spiro atoms. The van der Waals surface area contributed by atoms with Crippen molar-refractivity contribution in [1.82, 2.24) is 0 Å². The molecule has 1 radical (unpaired) electrons. The third kappa shape index (κ3) is 1300. The Morgan fingerprint density at radius 1 is 0.333 bits per heavy atom. The minimum absolute atomic E-state index is 0. The zero-order valence-corrected chi connectivity index (χ0v) is 6.09. The molecule has 9 heavy (non-hydrogen) atoms. The van der Waals surface area contributed by atoms with Crippen LogP contribution in [-0.4, -0.2) is 38.3 Å². The Balaban J connectivity index is 0. The molecule has 0 heterocycles. The van der Waals surface area contributed by atoms with Gasteiger partial charge in [-0.2, -0.15) is 0 Å². The standard InChI is InChI=1S/ClH.Fe.7H2O/h1H;;7*1H2/q;+3;;;;;;;/p-1. The molecule has 14 N–H and O–H groups in total. The molecule has 0 amide bonds. The maximum atomic E-state index is 0. The van der Waals surface area contributed by atoms with Gasteiger partial charge >= 0.3 is 17.1 Å². The minimum Gasteiger partial charge on any atom is -1.00 e. The van der Waals surface area contributed by atoms with Crippen molar-refractivity contribution in [2.45, 2.75) is 0 Å². The predicted octanol–water partition coefficient (Wildman–Crippen LogP) is -8.77. The fourth-order valence-electron chi connectivity index (χ4n) is 0. The zero-order valence-electron chi connectivity index (χ0n) is 4.23. The second-order valence-corrected chi connectivity index (χ2v) is 0. The third-order valence-corrected chi connectivity index (χ3v) is 0. The van der Waals surface area contributed by atoms with Crippen LogP contribution in [0.15, 0.2) is 0 Å². The van der Waals surface area contributed by atoms with Gasteiger partial charge < -0.3 is 50.7 Å². The van der Waals surface area contributed by atoms with Crippen molar-refractivity contribution in [2.75, 3.05) is 0 Å². The molecule has 0 fully saturated rings. The van der Waals surface area contributed by atoms with Gasteiger partial charge in [-0.25, -0.2) is 0 Å². The topological polar surface area (TPSA) is 220 Å². The van der Waals surface area contributed by atoms with Gasteiger partial charge in [0.2, 0.25) is 0 Å². The van der Waals surface area contributed by atoms with Crippen LogP contribution in [0.25, 0.3) is 0 Å². The first-order chi connectivity index (χ1) is 0. The van der Waals surface area contributed by atoms with Crippen LogP contribution in [-0.2, 0) is 17.1 Å². The molecule has 0 aliphatic carbocycles. The Kier molecular flexibility index (Phi) is 474000. The molecule has 0 saturated carbocycles. The Bertz CT molecular complexity index is 8.88. The van der Waals surface area contributed by atoms with Gasteiger partial charge in [-0.3, -0.25) is 0 Å². The molecule has 0 unspecified atom stereocenters. The molecule has 0 atom stereocenters. The molecule has 0 bridgehead atoms. The van der Waals surface area contributed by atoms with Crippen LogP contribution in [0.1, 0.15) is 0 Å². The van der Waals surface area contributed by atoms with E-state index in [1.54, 1.807) is 0 Å². The number of hydrogen-bond acceptors (Lipinski definition) is 0. The van der Waals surface area contributed by atoms with Crippen molar-refractivity contribution in [3.05, 3.63) is 0 Å². The summed E-state index contributed by atoms with van der Waals surface area (Å²) in [6.07, 6.45) is 0. The van der Waals surface area contributed by atoms with Gasteiger partial charge in [0.05, 0.1) is 0 Å². The summed E-state index contributed by atoms with van der Waals surface area (Å²) in [7, 11) is 0. The molecule has 0 aromatic carbocycles. The molecule has 69 valence electrons. The van der Waals surface area contributed by atoms with E-state index in [4.69, 9.17) is 0 Å². The molecule has 0 rings (SSSR count). The van der Waals surface area contributed by atoms with Crippen molar-refractivity contribution in [2.24, 2.45) is 0 Å². The van der Waals surface area contributed by atoms with Crippen LogP contribution in [0, 0.1) is 0 Å². The Morgan fingerprint density at radius 3 is 0.333 bits per heavy atom. The molecule has 0 saturated heterocycles. The van der Waals surface area contributed by atoms with Crippen molar-refractivity contribution < 1.29 is 67.8 Å². The second-order valence-electron chi connectivity index (χ2n) is 0. The van der Waals surface area contributed by atoms with E-state index >= 15 is 0 Å². The monoisotopic (exact) mass is 217 g/mol. The van der Waals surface area contributed by atoms with E-state index in [2.05, 4.69) is 0 Å². The van der Waals surface area contributed by atoms with E-state index in [0.29, 0.717) is 0 Å². The van der Waals surface area contributed by atoms with Crippen LogP contribution >= 0.6 is 0 Å². The van der Waals surface area contributed by atoms with Gasteiger partial charge in [-0.15, -0.1) is 0 Å². The van der Waals surface area contributed by atoms with Crippen molar-refractivity contribution in [3.63, 3.8) is 0 Å². The molecule has 0 aliphatic rings. The van der Waals surface area contributed by atoms with Crippen molar-refractivity contribution >= 4 is 0 Å². The summed E-state index contributed by atoms with van der Waals surface area (Å²) in [4.78, 5) is 0. The summed E-state index contributed by atoms with van der Waals surface area (Å²) in [6.45, 7) is 0. The SMILES string of the molecule is O.O.O.O.O.O.O.[Cl-].[Fe+3]. The van der Waals surface area contributed by atoms with Crippen molar-refractivity contribution in [1.29, 1.82) is 0 Å². The molecule has 0 aromatic heterocycles. The van der Waals surface area contributed by atoms with Crippen LogP contribution in [0.4, 0.5) is 0 Å². The second kappa shape index (κ2) is 1720. The summed E-state index contributed by atoms with van der Waals surface area (Å²) in [5.41, 5.74) is 0. The number of rotatable bonds is 0. The van der Waals surface area contributed by atoms with Gasteiger partial charge in [-0.05, 0) is 0 Å². The Hall–Kier alpha value is 0.529. The van der Waals surface area contributed by atoms with Gasteiger partial charge in [0.1, 0.15) is 0 Å². The first-order valence-electron chi connectivity index (χ1n) is 0. The van der Waals surface area contributed by atoms with E-state index in [9.17, 15) is 0 Å². The molecular formula is H14ClFeO7+2. The van der Waals surface area contributed by atoms with E-state index in [0.717, 1.165) is 0 Å². The summed E-state index contributed by atoms with van der Waals surface area (Å²) in [6, 6.07) is 0. The number of hydrogen-bond donors (Lipinski definition) is 0. The third-order valence-electron chi connectivity index (χ3n) is 0. The summed E-state index contributed by atoms with van der Waals surface area (Å²) >= 11 is 0. The fourth-order valence-corrected chi connectivity index (χ4v) is 0. The van der Waals surface area contributed by atoms with E-state index in [-0.39, 0.29) is 67.8 Å². The predicted molar refractivity (Wildman–Crippen MR) is 25.3 cm³/mol. The normalized spacial score (nSPS) is 0. The molecule has 0 aliphatic heterocycles. The maximum Gasteiger partial charge on any atom is 3.00 e. The van der Waals surface area contributed by atoms with E-state index < -0.39 is 0 Å². The first kappa shape index (κ1) is 2470. The van der Waals surface area contributed by atoms with Crippen LogP contribution in [0.2, 0.25) is 0 Å². The van der Waals surface area contributed by atoms with Gasteiger partial charge in [0.15, 0.2) is 0 Å². The van der Waals surface area contributed by atoms with Gasteiger partial charge in [0, 0.05) is 0 Å². The fraction of sp³-hybridized carbons (Fsp3) is 0. The Labute approximate surface area is 68.5 Å². The summed E-state index contributed by atoms with van der Waals surface area (Å²) < 4.78 is 0. The first-order valence-corrected chi connectivity index (χ1v) is 0. The van der Waals surface area contributed by atoms with Gasteiger partial charge in [0.25, 0.3) is 0 Å². The summed E-state index contributed by atoms with van der Waals surface area (Å²) in [5.74, 6) is 0. The largest absolute Gasteiger partial charge is 3.00 e. The summed E-state index contributed by atoms with van der Waals surface area (Å²) in [5, 5.41) is 0. The minimum atomic E-state index is 0. The van der Waals surface area contributed by atoms with Crippen LogP contribution < -0.4 is 12.4 Å². The zero-order chi connectivity index (χ0) is 0. The van der Waals surface area contributed by atoms with Gasteiger partial charge in [-0.1, -0.05) is 0 Å².